The number of hydrogen-bond acceptors (Lipinski definition) is 4. The second-order valence-electron chi connectivity index (χ2n) is 9.59. The number of amides is 2. The van der Waals surface area contributed by atoms with Crippen molar-refractivity contribution in [2.45, 2.75) is 51.9 Å². The Kier molecular flexibility index (Phi) is 9.03. The van der Waals surface area contributed by atoms with Crippen LogP contribution in [0.1, 0.15) is 58.5 Å². The molecule has 1 atom stereocenters. The third kappa shape index (κ3) is 6.64. The summed E-state index contributed by atoms with van der Waals surface area (Å²) in [6.45, 7) is 2.77. The first-order valence-corrected chi connectivity index (χ1v) is 13.2. The molecule has 2 aromatic heterocycles. The Morgan fingerprint density at radius 2 is 1.79 bits per heavy atom. The quantitative estimate of drug-likeness (QED) is 0.238. The number of carbonyl (C=O) groups excluding carboxylic acids is 2. The highest BCUT2D eigenvalue weighted by Gasteiger charge is 2.38. The van der Waals surface area contributed by atoms with Crippen LogP contribution in [0.4, 0.5) is 22.0 Å². The van der Waals surface area contributed by atoms with E-state index in [1.54, 1.807) is 32.0 Å². The number of rotatable bonds is 10. The molecule has 3 N–H and O–H groups in total. The number of alkyl halides is 3. The summed E-state index contributed by atoms with van der Waals surface area (Å²) in [6, 6.07) is 11.8. The first-order chi connectivity index (χ1) is 19.9. The van der Waals surface area contributed by atoms with Crippen LogP contribution in [0.3, 0.4) is 0 Å². The van der Waals surface area contributed by atoms with Gasteiger partial charge in [0.2, 0.25) is 5.91 Å². The molecule has 0 radical (unpaired) electrons. The van der Waals surface area contributed by atoms with E-state index in [0.29, 0.717) is 28.1 Å². The Morgan fingerprint density at radius 3 is 2.43 bits per heavy atom. The monoisotopic (exact) mass is 585 g/mol. The van der Waals surface area contributed by atoms with E-state index in [9.17, 15) is 31.5 Å². The van der Waals surface area contributed by atoms with Gasteiger partial charge in [0.05, 0.1) is 17.3 Å². The molecule has 0 aliphatic heterocycles. The number of nitrogens with one attached hydrogen (secondary N) is 1. The minimum atomic E-state index is -4.68. The van der Waals surface area contributed by atoms with E-state index in [4.69, 9.17) is 5.73 Å². The van der Waals surface area contributed by atoms with Crippen LogP contribution in [0.25, 0.3) is 11.1 Å². The van der Waals surface area contributed by atoms with Crippen LogP contribution >= 0.6 is 0 Å². The summed E-state index contributed by atoms with van der Waals surface area (Å²) in [5.41, 5.74) is 5.91. The summed E-state index contributed by atoms with van der Waals surface area (Å²) in [6.07, 6.45) is -2.84. The van der Waals surface area contributed by atoms with E-state index in [1.807, 2.05) is 0 Å². The summed E-state index contributed by atoms with van der Waals surface area (Å²) in [7, 11) is 0. The fourth-order valence-electron chi connectivity index (χ4n) is 4.97. The second kappa shape index (κ2) is 12.5. The standard InChI is InChI=1S/C30H28F5N5O2/c1-3-20-25(4-2)40(39-28(20)30(33,34)35)16-26(41)38-24(14-17-7-5-8-19(31)13-17)27-21(9-6-12-37-27)18-10-11-23(32)22(15-18)29(36)42/h5-13,15,24H,3-4,14,16H2,1-2H3,(H2,36,42)(H,38,41)/t24-/m0/s1. The second-order valence-corrected chi connectivity index (χ2v) is 9.59. The van der Waals surface area contributed by atoms with Gasteiger partial charge in [-0.15, -0.1) is 0 Å². The SMILES string of the molecule is CCc1c(C(F)(F)F)nn(CC(=O)N[C@@H](Cc2cccc(F)c2)c2ncccc2-c2ccc(F)c(C(N)=O)c2)c1CC. The van der Waals surface area contributed by atoms with Gasteiger partial charge in [0.1, 0.15) is 18.2 Å². The molecule has 0 spiro atoms. The van der Waals surface area contributed by atoms with Crippen LogP contribution in [0, 0.1) is 11.6 Å². The molecule has 4 rings (SSSR count). The topological polar surface area (TPSA) is 103 Å². The van der Waals surface area contributed by atoms with Crippen molar-refractivity contribution in [2.24, 2.45) is 5.73 Å². The average Bonchev–Trinajstić information content (AvgIpc) is 3.30. The van der Waals surface area contributed by atoms with Crippen molar-refractivity contribution in [3.63, 3.8) is 0 Å². The molecule has 42 heavy (non-hydrogen) atoms. The van der Waals surface area contributed by atoms with Crippen LogP contribution in [0.5, 0.6) is 0 Å². The molecule has 220 valence electrons. The van der Waals surface area contributed by atoms with Crippen LogP contribution in [-0.4, -0.2) is 26.6 Å². The average molecular weight is 586 g/mol. The first kappa shape index (κ1) is 30.4. The largest absolute Gasteiger partial charge is 0.435 e. The molecule has 0 bridgehead atoms. The molecule has 0 fully saturated rings. The highest BCUT2D eigenvalue weighted by atomic mass is 19.4. The number of halogens is 5. The van der Waals surface area contributed by atoms with Gasteiger partial charge in [-0.05, 0) is 60.7 Å². The summed E-state index contributed by atoms with van der Waals surface area (Å²) in [5, 5.41) is 6.54. The molecule has 0 saturated carbocycles. The van der Waals surface area contributed by atoms with Crippen molar-refractivity contribution in [1.29, 1.82) is 0 Å². The number of carbonyl (C=O) groups is 2. The van der Waals surface area contributed by atoms with Gasteiger partial charge in [0.15, 0.2) is 5.69 Å². The third-order valence-electron chi connectivity index (χ3n) is 6.79. The Hall–Kier alpha value is -4.61. The third-order valence-corrected chi connectivity index (χ3v) is 6.79. The van der Waals surface area contributed by atoms with E-state index in [0.717, 1.165) is 10.7 Å². The van der Waals surface area contributed by atoms with Gasteiger partial charge in [0, 0.05) is 23.0 Å². The lowest BCUT2D eigenvalue weighted by atomic mass is 9.94. The Balaban J connectivity index is 1.74. The van der Waals surface area contributed by atoms with Crippen LogP contribution < -0.4 is 11.1 Å². The Bertz CT molecular complexity index is 1620. The molecule has 0 unspecified atom stereocenters. The predicted octanol–water partition coefficient (Wildman–Crippen LogP) is 5.57. The zero-order chi connectivity index (χ0) is 30.6. The highest BCUT2D eigenvalue weighted by molar-refractivity contribution is 5.94. The zero-order valence-electron chi connectivity index (χ0n) is 22.8. The summed E-state index contributed by atoms with van der Waals surface area (Å²) in [5.74, 6) is -2.94. The molecular formula is C30H28F5N5O2. The van der Waals surface area contributed by atoms with Gasteiger partial charge in [0.25, 0.3) is 5.91 Å². The molecule has 4 aromatic rings. The van der Waals surface area contributed by atoms with Crippen LogP contribution in [0.2, 0.25) is 0 Å². The minimum absolute atomic E-state index is 0.0303. The maximum absolute atomic E-state index is 14.2. The predicted molar refractivity (Wildman–Crippen MR) is 145 cm³/mol. The number of hydrogen-bond donors (Lipinski definition) is 2. The summed E-state index contributed by atoms with van der Waals surface area (Å²) in [4.78, 5) is 29.6. The molecular weight excluding hydrogens is 557 g/mol. The van der Waals surface area contributed by atoms with Crippen molar-refractivity contribution in [2.75, 3.05) is 0 Å². The van der Waals surface area contributed by atoms with Crippen molar-refractivity contribution < 1.29 is 31.5 Å². The Labute approximate surface area is 238 Å². The smallest absolute Gasteiger partial charge is 0.366 e. The van der Waals surface area contributed by atoms with Gasteiger partial charge in [-0.2, -0.15) is 18.3 Å². The number of nitrogens with zero attached hydrogens (tertiary/aromatic N) is 3. The van der Waals surface area contributed by atoms with E-state index in [-0.39, 0.29) is 30.4 Å². The number of benzene rings is 2. The maximum atomic E-state index is 14.2. The van der Waals surface area contributed by atoms with E-state index >= 15 is 0 Å². The maximum Gasteiger partial charge on any atom is 0.435 e. The van der Waals surface area contributed by atoms with Gasteiger partial charge < -0.3 is 11.1 Å². The molecule has 0 aliphatic carbocycles. The van der Waals surface area contributed by atoms with Gasteiger partial charge >= 0.3 is 6.18 Å². The lowest BCUT2D eigenvalue weighted by molar-refractivity contribution is -0.142. The molecule has 0 aliphatic rings. The van der Waals surface area contributed by atoms with Crippen LogP contribution in [0.15, 0.2) is 60.8 Å². The lowest BCUT2D eigenvalue weighted by Crippen LogP contribution is -2.34. The van der Waals surface area contributed by atoms with E-state index in [2.05, 4.69) is 15.4 Å². The van der Waals surface area contributed by atoms with Gasteiger partial charge in [-0.3, -0.25) is 19.3 Å². The molecule has 7 nitrogen and oxygen atoms in total. The molecule has 12 heteroatoms. The van der Waals surface area contributed by atoms with Gasteiger partial charge in [-0.1, -0.05) is 38.1 Å². The minimum Gasteiger partial charge on any atom is -0.366 e. The molecule has 2 amide bonds. The molecule has 2 heterocycles. The zero-order valence-corrected chi connectivity index (χ0v) is 22.8. The fraction of sp³-hybridized carbons (Fsp3) is 0.267. The fourth-order valence-corrected chi connectivity index (χ4v) is 4.97. The number of pyridine rings is 1. The first-order valence-electron chi connectivity index (χ1n) is 13.2. The van der Waals surface area contributed by atoms with E-state index < -0.39 is 47.9 Å². The van der Waals surface area contributed by atoms with Crippen LogP contribution in [-0.2, 0) is 36.8 Å². The normalized spacial score (nSPS) is 12.3. The summed E-state index contributed by atoms with van der Waals surface area (Å²) < 4.78 is 70.2. The number of aromatic nitrogens is 3. The summed E-state index contributed by atoms with van der Waals surface area (Å²) >= 11 is 0. The number of primary amides is 1. The van der Waals surface area contributed by atoms with Crippen molar-refractivity contribution in [3.05, 3.63) is 106 Å². The highest BCUT2D eigenvalue weighted by Crippen LogP contribution is 2.34. The van der Waals surface area contributed by atoms with Crippen molar-refractivity contribution in [3.8, 4) is 11.1 Å². The Morgan fingerprint density at radius 1 is 1.02 bits per heavy atom. The number of nitrogens with two attached hydrogens (primary N) is 1. The molecule has 0 saturated heterocycles. The van der Waals surface area contributed by atoms with Gasteiger partial charge in [-0.25, -0.2) is 8.78 Å². The molecule has 2 aromatic carbocycles. The van der Waals surface area contributed by atoms with E-state index in [1.165, 1.54) is 36.5 Å². The van der Waals surface area contributed by atoms with Crippen molar-refractivity contribution in [1.82, 2.24) is 20.1 Å². The lowest BCUT2D eigenvalue weighted by Gasteiger charge is -2.22. The van der Waals surface area contributed by atoms with Crippen molar-refractivity contribution >= 4 is 11.8 Å².